The van der Waals surface area contributed by atoms with Crippen molar-refractivity contribution in [3.63, 3.8) is 0 Å². The van der Waals surface area contributed by atoms with Crippen molar-refractivity contribution < 1.29 is 22.8 Å². The van der Waals surface area contributed by atoms with Crippen LogP contribution in [0.1, 0.15) is 42.1 Å². The van der Waals surface area contributed by atoms with Gasteiger partial charge < -0.3 is 20.9 Å². The first-order valence-corrected chi connectivity index (χ1v) is 10.4. The van der Waals surface area contributed by atoms with Crippen LogP contribution in [0.25, 0.3) is 0 Å². The van der Waals surface area contributed by atoms with Gasteiger partial charge in [-0.15, -0.1) is 24.0 Å². The number of likely N-dealkylation sites (tertiary alicyclic amines) is 1. The number of amides is 2. The third kappa shape index (κ3) is 8.83. The van der Waals surface area contributed by atoms with Crippen molar-refractivity contribution in [2.24, 2.45) is 10.9 Å². The number of nitrogens with one attached hydrogen (secondary N) is 3. The van der Waals surface area contributed by atoms with Gasteiger partial charge in [0, 0.05) is 45.2 Å². The molecule has 0 radical (unpaired) electrons. The first-order valence-electron chi connectivity index (χ1n) is 10.4. The van der Waals surface area contributed by atoms with E-state index in [9.17, 15) is 22.8 Å². The summed E-state index contributed by atoms with van der Waals surface area (Å²) < 4.78 is 37.8. The number of halogens is 4. The SMILES string of the molecule is CCNC(=NCCNC(=O)c1ccc(C(F)(F)F)cc1)N1CCC(CC(=O)NC)CC1.I. The second-order valence-electron chi connectivity index (χ2n) is 7.37. The summed E-state index contributed by atoms with van der Waals surface area (Å²) in [5.41, 5.74) is -0.620. The molecule has 3 N–H and O–H groups in total. The highest BCUT2D eigenvalue weighted by molar-refractivity contribution is 14.0. The van der Waals surface area contributed by atoms with Crippen LogP contribution in [0.2, 0.25) is 0 Å². The fourth-order valence-corrected chi connectivity index (χ4v) is 3.38. The maximum atomic E-state index is 12.6. The number of alkyl halides is 3. The number of hydrogen-bond donors (Lipinski definition) is 3. The maximum Gasteiger partial charge on any atom is 0.416 e. The largest absolute Gasteiger partial charge is 0.416 e. The van der Waals surface area contributed by atoms with Crippen LogP contribution < -0.4 is 16.0 Å². The van der Waals surface area contributed by atoms with Crippen molar-refractivity contribution in [1.29, 1.82) is 0 Å². The Hall–Kier alpha value is -2.05. The Labute approximate surface area is 203 Å². The highest BCUT2D eigenvalue weighted by Crippen LogP contribution is 2.29. The van der Waals surface area contributed by atoms with Gasteiger partial charge in [-0.1, -0.05) is 0 Å². The van der Waals surface area contributed by atoms with Crippen LogP contribution >= 0.6 is 24.0 Å². The molecule has 0 atom stereocenters. The minimum absolute atomic E-state index is 0. The van der Waals surface area contributed by atoms with Crippen LogP contribution in [0.15, 0.2) is 29.3 Å². The van der Waals surface area contributed by atoms with Crippen LogP contribution in [0, 0.1) is 5.92 Å². The number of aliphatic imine (C=N–C) groups is 1. The van der Waals surface area contributed by atoms with Crippen molar-refractivity contribution in [3.8, 4) is 0 Å². The van der Waals surface area contributed by atoms with Gasteiger partial charge in [0.05, 0.1) is 12.1 Å². The molecular formula is C21H31F3IN5O2. The summed E-state index contributed by atoms with van der Waals surface area (Å²) in [6.07, 6.45) is -2.08. The Morgan fingerprint density at radius 1 is 1.12 bits per heavy atom. The summed E-state index contributed by atoms with van der Waals surface area (Å²) in [5.74, 6) is 0.735. The zero-order valence-corrected chi connectivity index (χ0v) is 20.6. The molecule has 1 aliphatic heterocycles. The molecule has 2 rings (SSSR count). The highest BCUT2D eigenvalue weighted by atomic mass is 127. The topological polar surface area (TPSA) is 85.8 Å². The number of nitrogens with zero attached hydrogens (tertiary/aromatic N) is 2. The van der Waals surface area contributed by atoms with E-state index in [4.69, 9.17) is 0 Å². The van der Waals surface area contributed by atoms with E-state index in [1.807, 2.05) is 6.92 Å². The van der Waals surface area contributed by atoms with Gasteiger partial charge in [0.15, 0.2) is 5.96 Å². The van der Waals surface area contributed by atoms with Crippen molar-refractivity contribution in [1.82, 2.24) is 20.9 Å². The molecule has 1 aromatic rings. The second kappa shape index (κ2) is 13.5. The molecule has 0 aliphatic carbocycles. The van der Waals surface area contributed by atoms with Crippen molar-refractivity contribution >= 4 is 41.8 Å². The highest BCUT2D eigenvalue weighted by Gasteiger charge is 2.30. The Kier molecular flexibility index (Phi) is 11.8. The summed E-state index contributed by atoms with van der Waals surface area (Å²) >= 11 is 0. The van der Waals surface area contributed by atoms with Gasteiger partial charge in [0.25, 0.3) is 5.91 Å². The normalized spacial score (nSPS) is 15.0. The minimum Gasteiger partial charge on any atom is -0.359 e. The van der Waals surface area contributed by atoms with Crippen LogP contribution in [-0.4, -0.2) is 62.4 Å². The number of benzene rings is 1. The lowest BCUT2D eigenvalue weighted by Gasteiger charge is -2.34. The lowest BCUT2D eigenvalue weighted by molar-refractivity contribution is -0.137. The number of hydrogen-bond acceptors (Lipinski definition) is 3. The van der Waals surface area contributed by atoms with Crippen LogP contribution in [-0.2, 0) is 11.0 Å². The standard InChI is InChI=1S/C21H30F3N5O2.HI/c1-3-26-20(29-12-8-15(9-13-29)14-18(30)25-2)28-11-10-27-19(31)16-4-6-17(7-5-16)21(22,23)24;/h4-7,15H,3,8-14H2,1-2H3,(H,25,30)(H,26,28)(H,27,31);1H. The Morgan fingerprint density at radius 3 is 2.28 bits per heavy atom. The first kappa shape index (κ1) is 28.0. The molecule has 32 heavy (non-hydrogen) atoms. The average Bonchev–Trinajstić information content (AvgIpc) is 2.75. The van der Waals surface area contributed by atoms with Gasteiger partial charge in [-0.05, 0) is 49.9 Å². The van der Waals surface area contributed by atoms with Crippen LogP contribution in [0.5, 0.6) is 0 Å². The van der Waals surface area contributed by atoms with Crippen molar-refractivity contribution in [2.75, 3.05) is 39.8 Å². The lowest BCUT2D eigenvalue weighted by Crippen LogP contribution is -2.46. The summed E-state index contributed by atoms with van der Waals surface area (Å²) in [6.45, 7) is 4.88. The number of guanidine groups is 1. The van der Waals surface area contributed by atoms with Crippen molar-refractivity contribution in [3.05, 3.63) is 35.4 Å². The van der Waals surface area contributed by atoms with E-state index in [0.29, 0.717) is 25.4 Å². The fraction of sp³-hybridized carbons (Fsp3) is 0.571. The zero-order chi connectivity index (χ0) is 22.9. The molecule has 0 saturated carbocycles. The molecule has 1 saturated heterocycles. The molecule has 1 aromatic carbocycles. The van der Waals surface area contributed by atoms with Gasteiger partial charge in [-0.3, -0.25) is 14.6 Å². The predicted molar refractivity (Wildman–Crippen MR) is 128 cm³/mol. The fourth-order valence-electron chi connectivity index (χ4n) is 3.38. The molecule has 0 aromatic heterocycles. The predicted octanol–water partition coefficient (Wildman–Crippen LogP) is 2.87. The van der Waals surface area contributed by atoms with Gasteiger partial charge in [0.2, 0.25) is 5.91 Å². The molecule has 0 spiro atoms. The lowest BCUT2D eigenvalue weighted by atomic mass is 9.93. The number of carbonyl (C=O) groups is 2. The minimum atomic E-state index is -4.43. The number of piperidine rings is 1. The average molecular weight is 569 g/mol. The van der Waals surface area contributed by atoms with Crippen LogP contribution in [0.4, 0.5) is 13.2 Å². The van der Waals surface area contributed by atoms with Gasteiger partial charge in [-0.2, -0.15) is 13.2 Å². The Bertz CT molecular complexity index is 764. The van der Waals surface area contributed by atoms with E-state index >= 15 is 0 Å². The Morgan fingerprint density at radius 2 is 1.75 bits per heavy atom. The maximum absolute atomic E-state index is 12.6. The molecule has 1 fully saturated rings. The third-order valence-electron chi connectivity index (χ3n) is 5.14. The smallest absolute Gasteiger partial charge is 0.359 e. The van der Waals surface area contributed by atoms with E-state index in [2.05, 4.69) is 25.8 Å². The van der Waals surface area contributed by atoms with Gasteiger partial charge in [0.1, 0.15) is 0 Å². The molecule has 0 bridgehead atoms. The van der Waals surface area contributed by atoms with E-state index in [1.165, 1.54) is 0 Å². The summed E-state index contributed by atoms with van der Waals surface area (Å²) in [5, 5.41) is 8.57. The van der Waals surface area contributed by atoms with E-state index in [1.54, 1.807) is 7.05 Å². The molecule has 11 heteroatoms. The quantitative estimate of drug-likeness (QED) is 0.204. The van der Waals surface area contributed by atoms with E-state index in [-0.39, 0.29) is 42.0 Å². The molecule has 0 unspecified atom stereocenters. The summed E-state index contributed by atoms with van der Waals surface area (Å²) in [6, 6.07) is 4.11. The monoisotopic (exact) mass is 569 g/mol. The van der Waals surface area contributed by atoms with Gasteiger partial charge >= 0.3 is 6.18 Å². The second-order valence-corrected chi connectivity index (χ2v) is 7.37. The molecule has 7 nitrogen and oxygen atoms in total. The third-order valence-corrected chi connectivity index (χ3v) is 5.14. The van der Waals surface area contributed by atoms with Crippen molar-refractivity contribution in [2.45, 2.75) is 32.4 Å². The van der Waals surface area contributed by atoms with Crippen LogP contribution in [0.3, 0.4) is 0 Å². The number of rotatable bonds is 7. The molecule has 1 aliphatic rings. The molecule has 180 valence electrons. The molecule has 1 heterocycles. The zero-order valence-electron chi connectivity index (χ0n) is 18.3. The Balaban J connectivity index is 0.00000512. The number of carbonyl (C=O) groups excluding carboxylic acids is 2. The first-order chi connectivity index (χ1) is 14.7. The summed E-state index contributed by atoms with van der Waals surface area (Å²) in [4.78, 5) is 30.4. The van der Waals surface area contributed by atoms with E-state index in [0.717, 1.165) is 56.2 Å². The molecule has 2 amide bonds. The molecular weight excluding hydrogens is 538 g/mol. The summed E-state index contributed by atoms with van der Waals surface area (Å²) in [7, 11) is 1.64. The van der Waals surface area contributed by atoms with Gasteiger partial charge in [-0.25, -0.2) is 0 Å². The van der Waals surface area contributed by atoms with E-state index < -0.39 is 17.6 Å².